The van der Waals surface area contributed by atoms with Crippen molar-refractivity contribution in [1.82, 2.24) is 4.98 Å². The van der Waals surface area contributed by atoms with Gasteiger partial charge in [-0.2, -0.15) is 0 Å². The van der Waals surface area contributed by atoms with Gasteiger partial charge in [0, 0.05) is 0 Å². The minimum Gasteiger partial charge on any atom is -0.497 e. The molecule has 0 radical (unpaired) electrons. The van der Waals surface area contributed by atoms with Crippen molar-refractivity contribution in [2.75, 3.05) is 26.6 Å². The molecule has 3 aromatic rings. The molecular weight excluding hydrogens is 399 g/mol. The summed E-state index contributed by atoms with van der Waals surface area (Å²) in [5, 5.41) is 3.59. The van der Waals surface area contributed by atoms with Crippen molar-refractivity contribution in [3.8, 4) is 5.75 Å². The van der Waals surface area contributed by atoms with E-state index in [0.717, 1.165) is 10.2 Å². The van der Waals surface area contributed by atoms with Crippen LogP contribution in [0.4, 0.5) is 9.52 Å². The summed E-state index contributed by atoms with van der Waals surface area (Å²) < 4.78 is 29.1. The third kappa shape index (κ3) is 4.45. The van der Waals surface area contributed by atoms with Crippen LogP contribution in [0.3, 0.4) is 0 Å². The van der Waals surface area contributed by atoms with Gasteiger partial charge in [-0.25, -0.2) is 9.37 Å². The van der Waals surface area contributed by atoms with E-state index in [0.29, 0.717) is 16.4 Å². The van der Waals surface area contributed by atoms with Gasteiger partial charge in [-0.15, -0.1) is 0 Å². The first-order valence-corrected chi connectivity index (χ1v) is 9.40. The molecule has 152 valence electrons. The Hall–Kier alpha value is -3.20. The second kappa shape index (κ2) is 8.87. The number of esters is 2. The average Bonchev–Trinajstić information content (AvgIpc) is 3.14. The lowest BCUT2D eigenvalue weighted by molar-refractivity contribution is -0.159. The van der Waals surface area contributed by atoms with Gasteiger partial charge in [0.1, 0.15) is 11.6 Å². The van der Waals surface area contributed by atoms with Crippen LogP contribution in [0.25, 0.3) is 10.2 Å². The minimum atomic E-state index is -1.31. The molecule has 1 atom stereocenters. The zero-order chi connectivity index (χ0) is 21.0. The average molecular weight is 418 g/mol. The topological polar surface area (TPSA) is 86.8 Å². The van der Waals surface area contributed by atoms with Crippen LogP contribution in [0.2, 0.25) is 0 Å². The molecule has 0 fully saturated rings. The number of aromatic nitrogens is 1. The first kappa shape index (κ1) is 20.5. The highest BCUT2D eigenvalue weighted by molar-refractivity contribution is 7.22. The Kier molecular flexibility index (Phi) is 6.28. The predicted molar refractivity (Wildman–Crippen MR) is 106 cm³/mol. The monoisotopic (exact) mass is 418 g/mol. The number of fused-ring (bicyclic) bond motifs is 1. The van der Waals surface area contributed by atoms with Gasteiger partial charge in [0.2, 0.25) is 0 Å². The molecule has 1 heterocycles. The van der Waals surface area contributed by atoms with Crippen molar-refractivity contribution < 1.29 is 28.2 Å². The van der Waals surface area contributed by atoms with Crippen LogP contribution in [-0.4, -0.2) is 38.3 Å². The van der Waals surface area contributed by atoms with E-state index >= 15 is 0 Å². The minimum absolute atomic E-state index is 0.438. The van der Waals surface area contributed by atoms with Crippen molar-refractivity contribution in [3.05, 3.63) is 53.8 Å². The number of nitrogens with zero attached hydrogens (tertiary/aromatic N) is 1. The van der Waals surface area contributed by atoms with E-state index in [1.165, 1.54) is 49.8 Å². The molecule has 2 aromatic carbocycles. The van der Waals surface area contributed by atoms with E-state index in [2.05, 4.69) is 10.3 Å². The molecular formula is C20H19FN2O5S. The molecule has 29 heavy (non-hydrogen) atoms. The largest absolute Gasteiger partial charge is 0.497 e. The van der Waals surface area contributed by atoms with Gasteiger partial charge in [0.25, 0.3) is 0 Å². The molecule has 0 aliphatic rings. The summed E-state index contributed by atoms with van der Waals surface area (Å²) in [5.74, 6) is -2.61. The van der Waals surface area contributed by atoms with Gasteiger partial charge in [-0.3, -0.25) is 9.59 Å². The summed E-state index contributed by atoms with van der Waals surface area (Å²) in [4.78, 5) is 29.2. The zero-order valence-electron chi connectivity index (χ0n) is 16.0. The second-order valence-corrected chi connectivity index (χ2v) is 7.08. The van der Waals surface area contributed by atoms with Crippen LogP contribution in [0.5, 0.6) is 5.75 Å². The Morgan fingerprint density at radius 2 is 1.69 bits per heavy atom. The SMILES string of the molecule is COC(=O)C(C(=O)OC)C(Nc1nc2ccc(OC)cc2s1)c1ccc(F)cc1. The van der Waals surface area contributed by atoms with Crippen LogP contribution >= 0.6 is 11.3 Å². The smallest absolute Gasteiger partial charge is 0.322 e. The number of ether oxygens (including phenoxy) is 3. The molecule has 0 bridgehead atoms. The maximum atomic E-state index is 13.4. The maximum Gasteiger partial charge on any atom is 0.322 e. The number of anilines is 1. The molecule has 1 unspecified atom stereocenters. The van der Waals surface area contributed by atoms with Gasteiger partial charge in [0.15, 0.2) is 11.0 Å². The summed E-state index contributed by atoms with van der Waals surface area (Å²) in [5.41, 5.74) is 1.23. The number of carbonyl (C=O) groups excluding carboxylic acids is 2. The standard InChI is InChI=1S/C20H19FN2O5S/c1-26-13-8-9-14-15(10-13)29-20(22-14)23-17(11-4-6-12(21)7-5-11)16(18(24)27-2)19(25)28-3/h4-10,16-17H,1-3H3,(H,22,23). The Bertz CT molecular complexity index is 1010. The van der Waals surface area contributed by atoms with Crippen LogP contribution < -0.4 is 10.1 Å². The third-order valence-electron chi connectivity index (χ3n) is 4.35. The number of benzene rings is 2. The summed E-state index contributed by atoms with van der Waals surface area (Å²) in [6.45, 7) is 0. The molecule has 0 aliphatic carbocycles. The molecule has 0 saturated carbocycles. The molecule has 1 aromatic heterocycles. The van der Waals surface area contributed by atoms with Crippen LogP contribution in [0.15, 0.2) is 42.5 Å². The molecule has 9 heteroatoms. The Balaban J connectivity index is 2.03. The summed E-state index contributed by atoms with van der Waals surface area (Å²) in [7, 11) is 3.94. The zero-order valence-corrected chi connectivity index (χ0v) is 16.8. The predicted octanol–water partition coefficient (Wildman–Crippen LogP) is 3.56. The molecule has 0 spiro atoms. The first-order chi connectivity index (χ1) is 14.0. The number of nitrogens with one attached hydrogen (secondary N) is 1. The molecule has 0 saturated heterocycles. The Morgan fingerprint density at radius 1 is 1.03 bits per heavy atom. The van der Waals surface area contributed by atoms with Gasteiger partial charge < -0.3 is 19.5 Å². The van der Waals surface area contributed by atoms with Crippen molar-refractivity contribution in [1.29, 1.82) is 0 Å². The third-order valence-corrected chi connectivity index (χ3v) is 5.30. The van der Waals surface area contributed by atoms with Crippen molar-refractivity contribution >= 4 is 38.6 Å². The fourth-order valence-electron chi connectivity index (χ4n) is 2.88. The second-order valence-electron chi connectivity index (χ2n) is 6.05. The summed E-state index contributed by atoms with van der Waals surface area (Å²) >= 11 is 1.33. The lowest BCUT2D eigenvalue weighted by Crippen LogP contribution is -2.35. The number of methoxy groups -OCH3 is 3. The number of halogens is 1. The molecule has 0 amide bonds. The van der Waals surface area contributed by atoms with Gasteiger partial charge >= 0.3 is 11.9 Å². The number of thiazole rings is 1. The molecule has 1 N–H and O–H groups in total. The number of carbonyl (C=O) groups is 2. The highest BCUT2D eigenvalue weighted by Gasteiger charge is 2.38. The maximum absolute atomic E-state index is 13.4. The fraction of sp³-hybridized carbons (Fsp3) is 0.250. The normalized spacial score (nSPS) is 11.9. The van der Waals surface area contributed by atoms with E-state index in [-0.39, 0.29) is 0 Å². The van der Waals surface area contributed by atoms with Crippen molar-refractivity contribution in [2.24, 2.45) is 5.92 Å². The van der Waals surface area contributed by atoms with Crippen LogP contribution in [0, 0.1) is 11.7 Å². The highest BCUT2D eigenvalue weighted by atomic mass is 32.1. The Labute approximate surface area is 170 Å². The van der Waals surface area contributed by atoms with Crippen molar-refractivity contribution in [2.45, 2.75) is 6.04 Å². The first-order valence-electron chi connectivity index (χ1n) is 8.59. The quantitative estimate of drug-likeness (QED) is 0.464. The summed E-state index contributed by atoms with van der Waals surface area (Å²) in [6.07, 6.45) is 0. The van der Waals surface area contributed by atoms with Crippen LogP contribution in [-0.2, 0) is 19.1 Å². The van der Waals surface area contributed by atoms with E-state index in [1.807, 2.05) is 6.07 Å². The van der Waals surface area contributed by atoms with E-state index in [4.69, 9.17) is 14.2 Å². The number of hydrogen-bond donors (Lipinski definition) is 1. The number of rotatable bonds is 7. The van der Waals surface area contributed by atoms with Crippen molar-refractivity contribution in [3.63, 3.8) is 0 Å². The van der Waals surface area contributed by atoms with E-state index in [9.17, 15) is 14.0 Å². The lowest BCUT2D eigenvalue weighted by Gasteiger charge is -2.24. The Morgan fingerprint density at radius 3 is 2.28 bits per heavy atom. The molecule has 0 aliphatic heterocycles. The molecule has 3 rings (SSSR count). The lowest BCUT2D eigenvalue weighted by atomic mass is 9.93. The highest BCUT2D eigenvalue weighted by Crippen LogP contribution is 2.34. The molecule has 7 nitrogen and oxygen atoms in total. The van der Waals surface area contributed by atoms with E-state index in [1.54, 1.807) is 19.2 Å². The van der Waals surface area contributed by atoms with Crippen LogP contribution in [0.1, 0.15) is 11.6 Å². The fourth-order valence-corrected chi connectivity index (χ4v) is 3.81. The van der Waals surface area contributed by atoms with Gasteiger partial charge in [-0.1, -0.05) is 23.5 Å². The van der Waals surface area contributed by atoms with Gasteiger partial charge in [-0.05, 0) is 35.9 Å². The van der Waals surface area contributed by atoms with E-state index < -0.39 is 29.7 Å². The van der Waals surface area contributed by atoms with Gasteiger partial charge in [0.05, 0.1) is 37.6 Å². The summed E-state index contributed by atoms with van der Waals surface area (Å²) in [6, 6.07) is 10.0. The number of hydrogen-bond acceptors (Lipinski definition) is 8.